The van der Waals surface area contributed by atoms with E-state index in [2.05, 4.69) is 5.32 Å². The van der Waals surface area contributed by atoms with Crippen molar-refractivity contribution in [2.24, 2.45) is 0 Å². The molecule has 1 amide bonds. The normalized spacial score (nSPS) is 10.0. The smallest absolute Gasteiger partial charge is 0.333 e. The zero-order valence-corrected chi connectivity index (χ0v) is 11.5. The first-order valence-electron chi connectivity index (χ1n) is 6.31. The molecule has 7 nitrogen and oxygen atoms in total. The van der Waals surface area contributed by atoms with Crippen LogP contribution in [0.25, 0.3) is 0 Å². The Bertz CT molecular complexity index is 283. The van der Waals surface area contributed by atoms with E-state index < -0.39 is 11.9 Å². The highest BCUT2D eigenvalue weighted by molar-refractivity contribution is 5.79. The van der Waals surface area contributed by atoms with Crippen LogP contribution in [0.5, 0.6) is 0 Å². The lowest BCUT2D eigenvalue weighted by Crippen LogP contribution is -2.31. The van der Waals surface area contributed by atoms with Crippen LogP contribution in [-0.4, -0.2) is 56.6 Å². The van der Waals surface area contributed by atoms with Crippen molar-refractivity contribution in [3.63, 3.8) is 0 Å². The molecule has 1 N–H and O–H groups in total. The Kier molecular flexibility index (Phi) is 10.7. The van der Waals surface area contributed by atoms with Gasteiger partial charge in [0.2, 0.25) is 0 Å². The summed E-state index contributed by atoms with van der Waals surface area (Å²) < 4.78 is 5.11. The third kappa shape index (κ3) is 10.2. The number of ether oxygens (including phenoxy) is 1. The van der Waals surface area contributed by atoms with Gasteiger partial charge in [-0.2, -0.15) is 5.06 Å². The van der Waals surface area contributed by atoms with Crippen molar-refractivity contribution in [1.29, 1.82) is 0 Å². The van der Waals surface area contributed by atoms with E-state index in [0.717, 1.165) is 5.06 Å². The molecule has 0 aliphatic carbocycles. The number of carbonyl (C=O) groups excluding carboxylic acids is 3. The van der Waals surface area contributed by atoms with Crippen molar-refractivity contribution in [2.75, 3.05) is 33.4 Å². The Hall–Kier alpha value is -1.47. The van der Waals surface area contributed by atoms with Crippen LogP contribution in [0.15, 0.2) is 0 Å². The number of nitrogens with zero attached hydrogens (tertiary/aromatic N) is 1. The predicted molar refractivity (Wildman–Crippen MR) is 68.1 cm³/mol. The molecule has 0 aromatic heterocycles. The maximum absolute atomic E-state index is 11.4. The Morgan fingerprint density at radius 3 is 2.63 bits per heavy atom. The van der Waals surface area contributed by atoms with E-state index in [4.69, 9.17) is 9.57 Å². The Morgan fingerprint density at radius 1 is 1.26 bits per heavy atom. The Balaban J connectivity index is 3.61. The highest BCUT2D eigenvalue weighted by atomic mass is 16.7. The van der Waals surface area contributed by atoms with Gasteiger partial charge in [-0.15, -0.1) is 0 Å². The van der Waals surface area contributed by atoms with Crippen molar-refractivity contribution in [3.8, 4) is 0 Å². The Morgan fingerprint density at radius 2 is 2.00 bits per heavy atom. The molecule has 0 atom stereocenters. The van der Waals surface area contributed by atoms with E-state index in [1.807, 2.05) is 6.92 Å². The average Bonchev–Trinajstić information content (AvgIpc) is 2.39. The molecule has 0 heterocycles. The molecule has 0 spiro atoms. The molecular formula is C12H22N2O5. The number of nitrogens with one attached hydrogen (secondary N) is 1. The second kappa shape index (κ2) is 11.6. The Labute approximate surface area is 113 Å². The molecule has 0 unspecified atom stereocenters. The molecule has 0 aromatic rings. The molecule has 7 heteroatoms. The molecule has 110 valence electrons. The van der Waals surface area contributed by atoms with Crippen LogP contribution in [0.3, 0.4) is 0 Å². The minimum absolute atomic E-state index is 0.0416. The summed E-state index contributed by atoms with van der Waals surface area (Å²) in [5, 5.41) is 3.88. The molecule has 0 aliphatic rings. The number of carbonyl (C=O) groups is 3. The maximum Gasteiger partial charge on any atom is 0.333 e. The fourth-order valence-corrected chi connectivity index (χ4v) is 1.19. The molecule has 19 heavy (non-hydrogen) atoms. The zero-order chi connectivity index (χ0) is 14.5. The lowest BCUT2D eigenvalue weighted by Gasteiger charge is -2.15. The average molecular weight is 274 g/mol. The van der Waals surface area contributed by atoms with Crippen molar-refractivity contribution in [3.05, 3.63) is 0 Å². The number of hydroxylamine groups is 2. The van der Waals surface area contributed by atoms with E-state index >= 15 is 0 Å². The summed E-state index contributed by atoms with van der Waals surface area (Å²) in [7, 11) is 1.35. The van der Waals surface area contributed by atoms with Gasteiger partial charge in [0, 0.05) is 39.6 Å². The van der Waals surface area contributed by atoms with Gasteiger partial charge in [-0.1, -0.05) is 0 Å². The van der Waals surface area contributed by atoms with Gasteiger partial charge >= 0.3 is 5.97 Å². The van der Waals surface area contributed by atoms with Crippen LogP contribution in [0.2, 0.25) is 0 Å². The first-order valence-corrected chi connectivity index (χ1v) is 6.31. The first kappa shape index (κ1) is 17.5. The third-order valence-electron chi connectivity index (χ3n) is 2.20. The van der Waals surface area contributed by atoms with Gasteiger partial charge in [-0.3, -0.25) is 4.79 Å². The lowest BCUT2D eigenvalue weighted by molar-refractivity contribution is -0.192. The molecule has 0 fully saturated rings. The van der Waals surface area contributed by atoms with Gasteiger partial charge in [0.15, 0.2) is 0 Å². The van der Waals surface area contributed by atoms with Gasteiger partial charge in [0.05, 0.1) is 13.0 Å². The van der Waals surface area contributed by atoms with E-state index in [1.54, 1.807) is 0 Å². The van der Waals surface area contributed by atoms with Crippen LogP contribution >= 0.6 is 0 Å². The zero-order valence-electron chi connectivity index (χ0n) is 11.5. The monoisotopic (exact) mass is 274 g/mol. The summed E-state index contributed by atoms with van der Waals surface area (Å²) in [4.78, 5) is 37.6. The number of hydrogen-bond donors (Lipinski definition) is 1. The van der Waals surface area contributed by atoms with Crippen LogP contribution in [0.4, 0.5) is 0 Å². The van der Waals surface area contributed by atoms with E-state index in [-0.39, 0.29) is 19.3 Å². The highest BCUT2D eigenvalue weighted by Crippen LogP contribution is 1.97. The minimum Gasteiger partial charge on any atom is -0.380 e. The van der Waals surface area contributed by atoms with Crippen LogP contribution in [0, 0.1) is 0 Å². The quantitative estimate of drug-likeness (QED) is 0.340. The second-order valence-electron chi connectivity index (χ2n) is 3.76. The highest BCUT2D eigenvalue weighted by Gasteiger charge is 2.13. The summed E-state index contributed by atoms with van der Waals surface area (Å²) in [6.45, 7) is 4.29. The largest absolute Gasteiger partial charge is 0.380 e. The molecule has 0 rings (SSSR count). The molecule has 0 radical (unpaired) electrons. The molecule has 0 saturated carbocycles. The lowest BCUT2D eigenvalue weighted by atomic mass is 10.3. The van der Waals surface area contributed by atoms with Gasteiger partial charge in [0.1, 0.15) is 6.29 Å². The number of aldehydes is 1. The molecule has 0 saturated heterocycles. The summed E-state index contributed by atoms with van der Waals surface area (Å²) >= 11 is 0. The van der Waals surface area contributed by atoms with Crippen molar-refractivity contribution in [2.45, 2.75) is 26.2 Å². The summed E-state index contributed by atoms with van der Waals surface area (Å²) in [6.07, 6.45) is 0.979. The summed E-state index contributed by atoms with van der Waals surface area (Å²) in [5.41, 5.74) is 0. The second-order valence-corrected chi connectivity index (χ2v) is 3.76. The van der Waals surface area contributed by atoms with E-state index in [1.165, 1.54) is 7.05 Å². The molecule has 0 aliphatic heterocycles. The maximum atomic E-state index is 11.4. The standard InChI is InChI=1S/C12H22N2O5/c1-3-18-10-8-13-7-6-12(17)19-14(2)11(16)5-4-9-15/h9,13H,3-8,10H2,1-2H3. The molecule has 0 aromatic carbocycles. The fraction of sp³-hybridized carbons (Fsp3) is 0.750. The van der Waals surface area contributed by atoms with Gasteiger partial charge in [0.25, 0.3) is 5.91 Å². The third-order valence-corrected chi connectivity index (χ3v) is 2.20. The van der Waals surface area contributed by atoms with Crippen molar-refractivity contribution >= 4 is 18.2 Å². The topological polar surface area (TPSA) is 84.9 Å². The minimum atomic E-state index is -0.495. The van der Waals surface area contributed by atoms with Gasteiger partial charge in [-0.05, 0) is 6.92 Å². The van der Waals surface area contributed by atoms with Gasteiger partial charge in [-0.25, -0.2) is 4.79 Å². The van der Waals surface area contributed by atoms with Crippen LogP contribution < -0.4 is 5.32 Å². The van der Waals surface area contributed by atoms with E-state index in [0.29, 0.717) is 32.6 Å². The fourth-order valence-electron chi connectivity index (χ4n) is 1.19. The number of hydrogen-bond acceptors (Lipinski definition) is 6. The van der Waals surface area contributed by atoms with Gasteiger partial charge < -0.3 is 19.7 Å². The first-order chi connectivity index (χ1) is 9.11. The summed E-state index contributed by atoms with van der Waals surface area (Å²) in [6, 6.07) is 0. The molecule has 0 bridgehead atoms. The van der Waals surface area contributed by atoms with Crippen LogP contribution in [0.1, 0.15) is 26.2 Å². The van der Waals surface area contributed by atoms with Crippen LogP contribution in [-0.2, 0) is 24.0 Å². The van der Waals surface area contributed by atoms with Crippen molar-refractivity contribution < 1.29 is 24.0 Å². The molecular weight excluding hydrogens is 252 g/mol. The SMILES string of the molecule is CCOCCNCCC(=O)ON(C)C(=O)CCC=O. The van der Waals surface area contributed by atoms with Crippen molar-refractivity contribution in [1.82, 2.24) is 10.4 Å². The number of amides is 1. The van der Waals surface area contributed by atoms with E-state index in [9.17, 15) is 14.4 Å². The number of rotatable bonds is 10. The predicted octanol–water partition coefficient (Wildman–Crippen LogP) is -0.102. The summed E-state index contributed by atoms with van der Waals surface area (Å²) in [5.74, 6) is -0.893.